The summed E-state index contributed by atoms with van der Waals surface area (Å²) in [6.07, 6.45) is 3.47. The summed E-state index contributed by atoms with van der Waals surface area (Å²) in [5.74, 6) is 0.215. The molecule has 0 bridgehead atoms. The Morgan fingerprint density at radius 3 is 2.38 bits per heavy atom. The molecule has 4 aromatic rings. The summed E-state index contributed by atoms with van der Waals surface area (Å²) in [6, 6.07) is 14.3. The number of aromatic nitrogens is 3. The molecule has 0 saturated heterocycles. The Bertz CT molecular complexity index is 1470. The fourth-order valence-electron chi connectivity index (χ4n) is 4.19. The van der Waals surface area contributed by atoms with Crippen LogP contribution in [0.4, 0.5) is 22.1 Å². The zero-order valence-electron chi connectivity index (χ0n) is 22.7. The summed E-state index contributed by atoms with van der Waals surface area (Å²) in [5, 5.41) is 12.4. The van der Waals surface area contributed by atoms with Gasteiger partial charge in [0.05, 0.1) is 11.4 Å². The molecule has 0 aliphatic carbocycles. The number of urea groups is 1. The molecule has 2 heterocycles. The van der Waals surface area contributed by atoms with Crippen molar-refractivity contribution < 1.29 is 9.59 Å². The third-order valence-electron chi connectivity index (χ3n) is 6.50. The van der Waals surface area contributed by atoms with Crippen LogP contribution >= 0.6 is 0 Å². The van der Waals surface area contributed by atoms with Gasteiger partial charge in [0, 0.05) is 49.0 Å². The van der Waals surface area contributed by atoms with Crippen molar-refractivity contribution in [3.05, 3.63) is 72.1 Å². The smallest absolute Gasteiger partial charge is 0.319 e. The lowest BCUT2D eigenvalue weighted by Crippen LogP contribution is -2.37. The molecule has 10 heteroatoms. The van der Waals surface area contributed by atoms with E-state index in [1.807, 2.05) is 31.2 Å². The Kier molecular flexibility index (Phi) is 9.01. The molecule has 0 unspecified atom stereocenters. The first-order valence-corrected chi connectivity index (χ1v) is 13.0. The first-order chi connectivity index (χ1) is 18.9. The van der Waals surface area contributed by atoms with Crippen LogP contribution in [0.5, 0.6) is 0 Å². The minimum absolute atomic E-state index is 0.289. The third-order valence-corrected chi connectivity index (χ3v) is 6.50. The lowest BCUT2D eigenvalue weighted by atomic mass is 9.98. The van der Waals surface area contributed by atoms with E-state index in [2.05, 4.69) is 55.0 Å². The van der Waals surface area contributed by atoms with Gasteiger partial charge in [-0.15, -0.1) is 0 Å². The molecule has 0 radical (unpaired) electrons. The number of rotatable bonds is 10. The van der Waals surface area contributed by atoms with Gasteiger partial charge in [-0.05, 0) is 61.5 Å². The lowest BCUT2D eigenvalue weighted by molar-refractivity contribution is 0.102. The minimum Gasteiger partial charge on any atom is -0.357 e. The normalized spacial score (nSPS) is 10.9. The molecule has 3 amide bonds. The Morgan fingerprint density at radius 2 is 1.67 bits per heavy atom. The number of aryl methyl sites for hydroxylation is 1. The standard InChI is InChI=1S/C29H34N8O2/c1-5-37(6-2)14-13-31-29(39)35-25-10-8-7-9-24(25)34-27(38)20-12-11-19(3)23(16-20)21-15-22-18-33-28(30-4)36-26(22)32-17-21/h7-12,15-18H,5-6,13-14H2,1-4H3,(H,34,38)(H2,31,35,39)(H,30,32,33,36). The molecular weight excluding hydrogens is 492 g/mol. The molecule has 0 aliphatic heterocycles. The van der Waals surface area contributed by atoms with Crippen molar-refractivity contribution in [2.24, 2.45) is 0 Å². The second-order valence-electron chi connectivity index (χ2n) is 9.02. The van der Waals surface area contributed by atoms with Gasteiger partial charge in [-0.2, -0.15) is 4.98 Å². The van der Waals surface area contributed by atoms with Crippen LogP contribution in [0.15, 0.2) is 60.9 Å². The van der Waals surface area contributed by atoms with Gasteiger partial charge in [-0.1, -0.05) is 32.0 Å². The van der Waals surface area contributed by atoms with Crippen LogP contribution < -0.4 is 21.3 Å². The predicted octanol–water partition coefficient (Wildman–Crippen LogP) is 4.76. The molecule has 4 N–H and O–H groups in total. The van der Waals surface area contributed by atoms with Gasteiger partial charge in [0.2, 0.25) is 5.95 Å². The molecular formula is C29H34N8O2. The van der Waals surface area contributed by atoms with Crippen LogP contribution in [0.1, 0.15) is 29.8 Å². The molecule has 10 nitrogen and oxygen atoms in total. The maximum absolute atomic E-state index is 13.3. The molecule has 0 saturated carbocycles. The van der Waals surface area contributed by atoms with Gasteiger partial charge < -0.3 is 26.2 Å². The van der Waals surface area contributed by atoms with Crippen LogP contribution in [0.2, 0.25) is 0 Å². The molecule has 39 heavy (non-hydrogen) atoms. The maximum Gasteiger partial charge on any atom is 0.319 e. The van der Waals surface area contributed by atoms with E-state index in [1.54, 1.807) is 43.7 Å². The molecule has 202 valence electrons. The zero-order valence-corrected chi connectivity index (χ0v) is 22.7. The van der Waals surface area contributed by atoms with Gasteiger partial charge in [-0.25, -0.2) is 14.8 Å². The van der Waals surface area contributed by atoms with Crippen molar-refractivity contribution in [2.45, 2.75) is 20.8 Å². The summed E-state index contributed by atoms with van der Waals surface area (Å²) in [5.41, 5.74) is 4.84. The predicted molar refractivity (Wildman–Crippen MR) is 156 cm³/mol. The quantitative estimate of drug-likeness (QED) is 0.235. The number of para-hydroxylation sites is 2. The number of likely N-dealkylation sites (N-methyl/N-ethyl adjacent to an activating group) is 1. The number of hydrogen-bond acceptors (Lipinski definition) is 7. The minimum atomic E-state index is -0.323. The number of pyridine rings is 1. The van der Waals surface area contributed by atoms with Gasteiger partial charge >= 0.3 is 6.03 Å². The number of nitrogens with zero attached hydrogens (tertiary/aromatic N) is 4. The number of benzene rings is 2. The van der Waals surface area contributed by atoms with E-state index in [4.69, 9.17) is 0 Å². The molecule has 2 aromatic heterocycles. The van der Waals surface area contributed by atoms with Crippen LogP contribution in [-0.4, -0.2) is 65.0 Å². The van der Waals surface area contributed by atoms with Gasteiger partial charge in [0.25, 0.3) is 5.91 Å². The Labute approximate surface area is 228 Å². The largest absolute Gasteiger partial charge is 0.357 e. The Morgan fingerprint density at radius 1 is 0.923 bits per heavy atom. The molecule has 0 fully saturated rings. The molecule has 2 aromatic carbocycles. The number of anilines is 3. The first kappa shape index (κ1) is 27.5. The highest BCUT2D eigenvalue weighted by Crippen LogP contribution is 2.28. The summed E-state index contributed by atoms with van der Waals surface area (Å²) < 4.78 is 0. The van der Waals surface area contributed by atoms with Crippen molar-refractivity contribution >= 4 is 40.3 Å². The lowest BCUT2D eigenvalue weighted by Gasteiger charge is -2.18. The SMILES string of the molecule is CCN(CC)CCNC(=O)Nc1ccccc1NC(=O)c1ccc(C)c(-c2cnc3nc(NC)ncc3c2)c1. The molecule has 0 atom stereocenters. The summed E-state index contributed by atoms with van der Waals surface area (Å²) in [6.45, 7) is 9.32. The average molecular weight is 527 g/mol. The number of fused-ring (bicyclic) bond motifs is 1. The molecule has 0 spiro atoms. The summed E-state index contributed by atoms with van der Waals surface area (Å²) >= 11 is 0. The fraction of sp³-hybridized carbons (Fsp3) is 0.276. The van der Waals surface area contributed by atoms with Crippen LogP contribution in [0, 0.1) is 6.92 Å². The second-order valence-corrected chi connectivity index (χ2v) is 9.02. The van der Waals surface area contributed by atoms with Crippen molar-refractivity contribution in [1.29, 1.82) is 0 Å². The van der Waals surface area contributed by atoms with Gasteiger partial charge in [0.15, 0.2) is 5.65 Å². The molecule has 4 rings (SSSR count). The van der Waals surface area contributed by atoms with Gasteiger partial charge in [0.1, 0.15) is 0 Å². The van der Waals surface area contributed by atoms with Crippen LogP contribution in [-0.2, 0) is 0 Å². The average Bonchev–Trinajstić information content (AvgIpc) is 2.96. The van der Waals surface area contributed by atoms with E-state index in [0.29, 0.717) is 35.1 Å². The second kappa shape index (κ2) is 12.8. The highest BCUT2D eigenvalue weighted by molar-refractivity contribution is 6.07. The highest BCUT2D eigenvalue weighted by Gasteiger charge is 2.14. The van der Waals surface area contributed by atoms with Gasteiger partial charge in [-0.3, -0.25) is 4.79 Å². The third kappa shape index (κ3) is 6.85. The number of hydrogen-bond donors (Lipinski definition) is 4. The Hall–Kier alpha value is -4.57. The summed E-state index contributed by atoms with van der Waals surface area (Å²) in [4.78, 5) is 41.1. The van der Waals surface area contributed by atoms with E-state index < -0.39 is 0 Å². The molecule has 0 aliphatic rings. The topological polar surface area (TPSA) is 124 Å². The van der Waals surface area contributed by atoms with E-state index in [1.165, 1.54) is 0 Å². The highest BCUT2D eigenvalue weighted by atomic mass is 16.2. The fourth-order valence-corrected chi connectivity index (χ4v) is 4.19. The number of carbonyl (C=O) groups excluding carboxylic acids is 2. The van der Waals surface area contributed by atoms with Crippen LogP contribution in [0.3, 0.4) is 0 Å². The van der Waals surface area contributed by atoms with Crippen molar-refractivity contribution in [3.63, 3.8) is 0 Å². The van der Waals surface area contributed by atoms with E-state index in [9.17, 15) is 9.59 Å². The number of nitrogens with one attached hydrogen (secondary N) is 4. The monoisotopic (exact) mass is 526 g/mol. The van der Waals surface area contributed by atoms with E-state index in [0.717, 1.165) is 41.7 Å². The maximum atomic E-state index is 13.3. The van der Waals surface area contributed by atoms with Crippen molar-refractivity contribution in [3.8, 4) is 11.1 Å². The van der Waals surface area contributed by atoms with Crippen molar-refractivity contribution in [1.82, 2.24) is 25.2 Å². The van der Waals surface area contributed by atoms with E-state index >= 15 is 0 Å². The Balaban J connectivity index is 1.49. The van der Waals surface area contributed by atoms with Crippen molar-refractivity contribution in [2.75, 3.05) is 49.2 Å². The summed E-state index contributed by atoms with van der Waals surface area (Å²) in [7, 11) is 1.76. The number of carbonyl (C=O) groups is 2. The number of amides is 3. The zero-order chi connectivity index (χ0) is 27.8. The van der Waals surface area contributed by atoms with Crippen LogP contribution in [0.25, 0.3) is 22.2 Å². The first-order valence-electron chi connectivity index (χ1n) is 13.0. The van der Waals surface area contributed by atoms with E-state index in [-0.39, 0.29) is 11.9 Å².